The number of Topliss-reactive ketones (excluding diaryl/α,β-unsaturated/α-hetero) is 1. The fourth-order valence-corrected chi connectivity index (χ4v) is 2.66. The van der Waals surface area contributed by atoms with E-state index < -0.39 is 17.8 Å². The number of carbonyl (C=O) groups is 4. The number of esters is 2. The zero-order valence-corrected chi connectivity index (χ0v) is 15.4. The molecule has 1 rings (SSSR count). The number of hydrogen-bond donors (Lipinski definition) is 1. The van der Waals surface area contributed by atoms with Crippen LogP contribution < -0.4 is 5.32 Å². The summed E-state index contributed by atoms with van der Waals surface area (Å²) in [5.41, 5.74) is -0.0245. The predicted octanol–water partition coefficient (Wildman–Crippen LogP) is 2.20. The number of amides is 1. The van der Waals surface area contributed by atoms with Crippen molar-refractivity contribution in [2.24, 2.45) is 0 Å². The van der Waals surface area contributed by atoms with E-state index in [4.69, 9.17) is 13.9 Å². The van der Waals surface area contributed by atoms with Gasteiger partial charge in [-0.3, -0.25) is 19.7 Å². The van der Waals surface area contributed by atoms with E-state index in [-0.39, 0.29) is 53.3 Å². The second kappa shape index (κ2) is 9.87. The van der Waals surface area contributed by atoms with Gasteiger partial charge < -0.3 is 13.9 Å². The van der Waals surface area contributed by atoms with Crippen molar-refractivity contribution in [3.05, 3.63) is 16.9 Å². The largest absolute Gasteiger partial charge is 0.465 e. The first kappa shape index (κ1) is 20.8. The molecule has 0 saturated carbocycles. The lowest BCUT2D eigenvalue weighted by molar-refractivity contribution is -0.139. The lowest BCUT2D eigenvalue weighted by atomic mass is 10.1. The molecule has 9 heteroatoms. The first-order valence-electron chi connectivity index (χ1n) is 7.66. The molecule has 1 N–H and O–H groups in total. The lowest BCUT2D eigenvalue weighted by Gasteiger charge is -2.06. The van der Waals surface area contributed by atoms with Gasteiger partial charge in [-0.25, -0.2) is 4.79 Å². The van der Waals surface area contributed by atoms with Crippen molar-refractivity contribution in [1.82, 2.24) is 0 Å². The van der Waals surface area contributed by atoms with Crippen LogP contribution in [-0.4, -0.2) is 48.3 Å². The molecular weight excluding hydrogens is 350 g/mol. The topological polar surface area (TPSA) is 112 Å². The third-order valence-electron chi connectivity index (χ3n) is 2.93. The Morgan fingerprint density at radius 3 is 2.24 bits per heavy atom. The maximum atomic E-state index is 12.1. The minimum atomic E-state index is -0.751. The van der Waals surface area contributed by atoms with Crippen molar-refractivity contribution < 1.29 is 33.1 Å². The van der Waals surface area contributed by atoms with Crippen LogP contribution in [0.25, 0.3) is 0 Å². The Morgan fingerprint density at radius 2 is 1.68 bits per heavy atom. The average Bonchev–Trinajstić information content (AvgIpc) is 2.84. The van der Waals surface area contributed by atoms with Crippen molar-refractivity contribution in [3.63, 3.8) is 0 Å². The molecule has 0 aliphatic rings. The normalized spacial score (nSPS) is 10.2. The maximum Gasteiger partial charge on any atom is 0.344 e. The van der Waals surface area contributed by atoms with E-state index in [1.54, 1.807) is 13.8 Å². The summed E-state index contributed by atoms with van der Waals surface area (Å²) in [5, 5.41) is 2.44. The third-order valence-corrected chi connectivity index (χ3v) is 3.83. The first-order valence-corrected chi connectivity index (χ1v) is 8.81. The molecule has 8 nitrogen and oxygen atoms in total. The van der Waals surface area contributed by atoms with Crippen LogP contribution in [0.2, 0.25) is 0 Å². The van der Waals surface area contributed by atoms with Crippen LogP contribution in [0.1, 0.15) is 47.2 Å². The number of ether oxygens (including phenoxy) is 2. The fraction of sp³-hybridized carbons (Fsp3) is 0.500. The summed E-state index contributed by atoms with van der Waals surface area (Å²) in [4.78, 5) is 47.1. The van der Waals surface area contributed by atoms with Gasteiger partial charge >= 0.3 is 11.9 Å². The van der Waals surface area contributed by atoms with Crippen LogP contribution in [0, 0.1) is 6.92 Å². The number of nitrogens with one attached hydrogen (secondary N) is 1. The van der Waals surface area contributed by atoms with E-state index in [1.807, 2.05) is 0 Å². The van der Waals surface area contributed by atoms with Crippen molar-refractivity contribution in [3.8, 4) is 0 Å². The maximum absolute atomic E-state index is 12.1. The Hall–Kier alpha value is -2.29. The molecule has 0 radical (unpaired) electrons. The number of ketones is 1. The molecule has 0 fully saturated rings. The minimum Gasteiger partial charge on any atom is -0.465 e. The van der Waals surface area contributed by atoms with E-state index >= 15 is 0 Å². The summed E-state index contributed by atoms with van der Waals surface area (Å²) < 4.78 is 15.0. The Kier molecular flexibility index (Phi) is 8.20. The molecule has 0 aromatic carbocycles. The Balaban J connectivity index is 2.85. The van der Waals surface area contributed by atoms with Crippen LogP contribution in [0.4, 0.5) is 5.88 Å². The van der Waals surface area contributed by atoms with Crippen LogP contribution >= 0.6 is 11.8 Å². The number of thioether (sulfide) groups is 1. The number of aryl methyl sites for hydroxylation is 1. The van der Waals surface area contributed by atoms with Gasteiger partial charge in [0.25, 0.3) is 0 Å². The Morgan fingerprint density at radius 1 is 1.04 bits per heavy atom. The molecule has 1 amide bonds. The number of furan rings is 1. The van der Waals surface area contributed by atoms with Gasteiger partial charge in [-0.2, -0.15) is 0 Å². The second-order valence-corrected chi connectivity index (χ2v) is 5.85. The molecule has 0 bridgehead atoms. The smallest absolute Gasteiger partial charge is 0.344 e. The van der Waals surface area contributed by atoms with E-state index in [0.29, 0.717) is 0 Å². The van der Waals surface area contributed by atoms with Crippen LogP contribution in [0.3, 0.4) is 0 Å². The monoisotopic (exact) mass is 371 g/mol. The highest BCUT2D eigenvalue weighted by molar-refractivity contribution is 8.00. The van der Waals surface area contributed by atoms with Gasteiger partial charge in [0, 0.05) is 0 Å². The van der Waals surface area contributed by atoms with Crippen molar-refractivity contribution in [2.45, 2.75) is 27.7 Å². The molecule has 0 saturated heterocycles. The highest BCUT2D eigenvalue weighted by Crippen LogP contribution is 2.28. The van der Waals surface area contributed by atoms with E-state index in [0.717, 1.165) is 11.8 Å². The minimum absolute atomic E-state index is 0.0296. The van der Waals surface area contributed by atoms with E-state index in [9.17, 15) is 19.2 Å². The molecule has 0 aliphatic carbocycles. The molecule has 138 valence electrons. The summed E-state index contributed by atoms with van der Waals surface area (Å²) in [6.07, 6.45) is 0. The van der Waals surface area contributed by atoms with Gasteiger partial charge in [0.05, 0.1) is 30.3 Å². The van der Waals surface area contributed by atoms with Crippen LogP contribution in [-0.2, 0) is 19.1 Å². The molecule has 0 aliphatic heterocycles. The number of rotatable bonds is 9. The van der Waals surface area contributed by atoms with Gasteiger partial charge in [-0.05, 0) is 27.7 Å². The fourth-order valence-electron chi connectivity index (χ4n) is 2.05. The lowest BCUT2D eigenvalue weighted by Crippen LogP contribution is -2.18. The van der Waals surface area contributed by atoms with Gasteiger partial charge in [0.1, 0.15) is 11.3 Å². The second-order valence-electron chi connectivity index (χ2n) is 4.86. The van der Waals surface area contributed by atoms with Gasteiger partial charge in [0.15, 0.2) is 5.78 Å². The zero-order chi connectivity index (χ0) is 19.0. The van der Waals surface area contributed by atoms with Crippen LogP contribution in [0.5, 0.6) is 0 Å². The van der Waals surface area contributed by atoms with Crippen molar-refractivity contribution in [2.75, 3.05) is 30.0 Å². The Bertz CT molecular complexity index is 666. The van der Waals surface area contributed by atoms with Gasteiger partial charge in [-0.1, -0.05) is 0 Å². The molecular formula is C16H21NO7S. The highest BCUT2D eigenvalue weighted by atomic mass is 32.2. The zero-order valence-electron chi connectivity index (χ0n) is 14.6. The molecule has 0 spiro atoms. The molecule has 25 heavy (non-hydrogen) atoms. The number of carbonyl (C=O) groups excluding carboxylic acids is 4. The van der Waals surface area contributed by atoms with Crippen LogP contribution in [0.15, 0.2) is 4.42 Å². The quantitative estimate of drug-likeness (QED) is 0.519. The summed E-state index contributed by atoms with van der Waals surface area (Å²) in [5.74, 6) is -1.96. The van der Waals surface area contributed by atoms with Crippen molar-refractivity contribution in [1.29, 1.82) is 0 Å². The number of hydrogen-bond acceptors (Lipinski definition) is 8. The molecule has 0 atom stereocenters. The molecule has 0 unspecified atom stereocenters. The summed E-state index contributed by atoms with van der Waals surface area (Å²) >= 11 is 1.06. The standard InChI is InChI=1S/C16H21NO7S/c1-5-22-12(20)8-25-7-11(19)17-15-14(16(21)23-6-2)13(9(3)18)10(4)24-15/h5-8H2,1-4H3,(H,17,19). The summed E-state index contributed by atoms with van der Waals surface area (Å²) in [6.45, 7) is 6.52. The molecule has 1 heterocycles. The predicted molar refractivity (Wildman–Crippen MR) is 92.0 cm³/mol. The van der Waals surface area contributed by atoms with Gasteiger partial charge in [-0.15, -0.1) is 11.8 Å². The highest BCUT2D eigenvalue weighted by Gasteiger charge is 2.28. The van der Waals surface area contributed by atoms with Crippen molar-refractivity contribution >= 4 is 41.3 Å². The molecule has 1 aromatic heterocycles. The van der Waals surface area contributed by atoms with E-state index in [1.165, 1.54) is 13.8 Å². The van der Waals surface area contributed by atoms with E-state index in [2.05, 4.69) is 5.32 Å². The van der Waals surface area contributed by atoms with Gasteiger partial charge in [0.2, 0.25) is 11.8 Å². The summed E-state index contributed by atoms with van der Waals surface area (Å²) in [7, 11) is 0. The molecule has 1 aromatic rings. The Labute approximate surface area is 149 Å². The first-order chi connectivity index (χ1) is 11.8. The number of anilines is 1. The SMILES string of the molecule is CCOC(=O)CSCC(=O)Nc1oc(C)c(C(C)=O)c1C(=O)OCC. The average molecular weight is 371 g/mol. The summed E-state index contributed by atoms with van der Waals surface area (Å²) in [6, 6.07) is 0. The third kappa shape index (κ3) is 5.93.